The second kappa shape index (κ2) is 4.93. The maximum absolute atomic E-state index is 9.51. The van der Waals surface area contributed by atoms with Crippen molar-refractivity contribution >= 4 is 0 Å². The second-order valence-electron chi connectivity index (χ2n) is 4.74. The van der Waals surface area contributed by atoms with Gasteiger partial charge in [-0.15, -0.1) is 5.10 Å². The van der Waals surface area contributed by atoms with Crippen LogP contribution in [0.1, 0.15) is 25.5 Å². The molecule has 5 nitrogen and oxygen atoms in total. The number of aliphatic hydroxyl groups excluding tert-OH is 1. The predicted octanol–water partition coefficient (Wildman–Crippen LogP) is 0.408. The zero-order valence-electron chi connectivity index (χ0n) is 10.0. The first-order valence-corrected chi connectivity index (χ1v) is 5.91. The molecule has 1 aliphatic rings. The van der Waals surface area contributed by atoms with Crippen molar-refractivity contribution in [2.75, 3.05) is 13.1 Å². The summed E-state index contributed by atoms with van der Waals surface area (Å²) in [6, 6.07) is 0. The molecule has 0 aliphatic carbocycles. The van der Waals surface area contributed by atoms with Gasteiger partial charge in [0.15, 0.2) is 0 Å². The van der Waals surface area contributed by atoms with Gasteiger partial charge in [-0.2, -0.15) is 0 Å². The molecule has 16 heavy (non-hydrogen) atoms. The smallest absolute Gasteiger partial charge is 0.0966 e. The fourth-order valence-corrected chi connectivity index (χ4v) is 2.29. The Morgan fingerprint density at radius 3 is 2.69 bits per heavy atom. The third-order valence-electron chi connectivity index (χ3n) is 3.35. The number of piperidine rings is 1. The van der Waals surface area contributed by atoms with E-state index in [0.717, 1.165) is 38.2 Å². The van der Waals surface area contributed by atoms with Crippen LogP contribution in [0.5, 0.6) is 0 Å². The fraction of sp³-hybridized carbons (Fsp3) is 0.818. The number of hydrogen-bond acceptors (Lipinski definition) is 4. The van der Waals surface area contributed by atoms with Gasteiger partial charge >= 0.3 is 0 Å². The van der Waals surface area contributed by atoms with Gasteiger partial charge in [0.1, 0.15) is 0 Å². The van der Waals surface area contributed by atoms with Gasteiger partial charge in [0.05, 0.1) is 11.8 Å². The lowest BCUT2D eigenvalue weighted by molar-refractivity contribution is 0.0691. The molecule has 1 aromatic rings. The van der Waals surface area contributed by atoms with E-state index in [9.17, 15) is 5.11 Å². The molecule has 0 amide bonds. The van der Waals surface area contributed by atoms with Crippen LogP contribution in [0.15, 0.2) is 6.20 Å². The van der Waals surface area contributed by atoms with Crippen molar-refractivity contribution in [1.82, 2.24) is 19.9 Å². The van der Waals surface area contributed by atoms with Crippen LogP contribution in [-0.4, -0.2) is 44.2 Å². The summed E-state index contributed by atoms with van der Waals surface area (Å²) in [5, 5.41) is 17.5. The molecular formula is C11H20N4O. The van der Waals surface area contributed by atoms with Gasteiger partial charge in [-0.05, 0) is 38.8 Å². The normalized spacial score (nSPS) is 21.2. The minimum Gasteiger partial charge on any atom is -0.393 e. The highest BCUT2D eigenvalue weighted by atomic mass is 16.3. The first kappa shape index (κ1) is 11.5. The van der Waals surface area contributed by atoms with E-state index in [0.29, 0.717) is 5.92 Å². The summed E-state index contributed by atoms with van der Waals surface area (Å²) in [5.74, 6) is 0.470. The molecule has 5 heteroatoms. The first-order valence-electron chi connectivity index (χ1n) is 5.91. The topological polar surface area (TPSA) is 54.2 Å². The Morgan fingerprint density at radius 2 is 2.19 bits per heavy atom. The number of likely N-dealkylation sites (tertiary alicyclic amines) is 1. The molecule has 90 valence electrons. The maximum atomic E-state index is 9.51. The summed E-state index contributed by atoms with van der Waals surface area (Å²) >= 11 is 0. The standard InChI is InChI=1S/C11H20N4O/c1-9(16)10-3-5-15(6-4-10)8-11-7-14(2)13-12-11/h7,9-10,16H,3-6,8H2,1-2H3. The molecule has 0 radical (unpaired) electrons. The summed E-state index contributed by atoms with van der Waals surface area (Å²) < 4.78 is 1.73. The van der Waals surface area contributed by atoms with E-state index < -0.39 is 0 Å². The molecule has 0 saturated carbocycles. The largest absolute Gasteiger partial charge is 0.393 e. The van der Waals surface area contributed by atoms with Gasteiger partial charge < -0.3 is 5.11 Å². The van der Waals surface area contributed by atoms with Crippen molar-refractivity contribution in [3.63, 3.8) is 0 Å². The molecule has 0 bridgehead atoms. The highest BCUT2D eigenvalue weighted by Gasteiger charge is 2.22. The summed E-state index contributed by atoms with van der Waals surface area (Å²) in [6.45, 7) is 4.86. The fourth-order valence-electron chi connectivity index (χ4n) is 2.29. The Kier molecular flexibility index (Phi) is 3.56. The molecule has 0 spiro atoms. The molecule has 1 unspecified atom stereocenters. The molecule has 2 heterocycles. The molecule has 0 aromatic carbocycles. The van der Waals surface area contributed by atoms with Crippen LogP contribution in [-0.2, 0) is 13.6 Å². The van der Waals surface area contributed by atoms with E-state index in [2.05, 4.69) is 15.2 Å². The van der Waals surface area contributed by atoms with Gasteiger partial charge in [0, 0.05) is 19.8 Å². The Labute approximate surface area is 96.1 Å². The quantitative estimate of drug-likeness (QED) is 0.808. The lowest BCUT2D eigenvalue weighted by Gasteiger charge is -2.32. The lowest BCUT2D eigenvalue weighted by atomic mass is 9.92. The SMILES string of the molecule is CC(O)C1CCN(Cc2cn(C)nn2)CC1. The number of aliphatic hydroxyl groups is 1. The van der Waals surface area contributed by atoms with E-state index in [1.165, 1.54) is 0 Å². The Morgan fingerprint density at radius 1 is 1.50 bits per heavy atom. The predicted molar refractivity (Wildman–Crippen MR) is 60.7 cm³/mol. The molecule has 1 aromatic heterocycles. The van der Waals surface area contributed by atoms with Crippen molar-refractivity contribution in [1.29, 1.82) is 0 Å². The minimum absolute atomic E-state index is 0.168. The van der Waals surface area contributed by atoms with E-state index >= 15 is 0 Å². The molecule has 1 fully saturated rings. The molecular weight excluding hydrogens is 204 g/mol. The van der Waals surface area contributed by atoms with Crippen molar-refractivity contribution in [3.8, 4) is 0 Å². The Bertz CT molecular complexity index is 328. The van der Waals surface area contributed by atoms with E-state index in [-0.39, 0.29) is 6.10 Å². The van der Waals surface area contributed by atoms with Crippen LogP contribution in [0, 0.1) is 5.92 Å². The van der Waals surface area contributed by atoms with Crippen molar-refractivity contribution in [2.24, 2.45) is 13.0 Å². The van der Waals surface area contributed by atoms with Crippen molar-refractivity contribution in [2.45, 2.75) is 32.4 Å². The lowest BCUT2D eigenvalue weighted by Crippen LogP contribution is -2.36. The van der Waals surface area contributed by atoms with E-state index in [1.807, 2.05) is 20.2 Å². The average molecular weight is 224 g/mol. The van der Waals surface area contributed by atoms with Crippen LogP contribution >= 0.6 is 0 Å². The number of aryl methyl sites for hydroxylation is 1. The third-order valence-corrected chi connectivity index (χ3v) is 3.35. The van der Waals surface area contributed by atoms with Crippen molar-refractivity contribution < 1.29 is 5.11 Å². The Hall–Kier alpha value is -0.940. The molecule has 1 N–H and O–H groups in total. The number of hydrogen-bond donors (Lipinski definition) is 1. The summed E-state index contributed by atoms with van der Waals surface area (Å²) in [6.07, 6.45) is 3.95. The summed E-state index contributed by atoms with van der Waals surface area (Å²) in [7, 11) is 1.89. The van der Waals surface area contributed by atoms with E-state index in [1.54, 1.807) is 4.68 Å². The van der Waals surface area contributed by atoms with E-state index in [4.69, 9.17) is 0 Å². The maximum Gasteiger partial charge on any atom is 0.0966 e. The monoisotopic (exact) mass is 224 g/mol. The van der Waals surface area contributed by atoms with Crippen LogP contribution in [0.2, 0.25) is 0 Å². The summed E-state index contributed by atoms with van der Waals surface area (Å²) in [5.41, 5.74) is 1.03. The first-order chi connectivity index (χ1) is 7.65. The van der Waals surface area contributed by atoms with Gasteiger partial charge in [-0.3, -0.25) is 9.58 Å². The van der Waals surface area contributed by atoms with Crippen LogP contribution in [0.4, 0.5) is 0 Å². The highest BCUT2D eigenvalue weighted by Crippen LogP contribution is 2.21. The number of rotatable bonds is 3. The van der Waals surface area contributed by atoms with Gasteiger partial charge in [0.25, 0.3) is 0 Å². The zero-order chi connectivity index (χ0) is 11.5. The zero-order valence-corrected chi connectivity index (χ0v) is 10.0. The van der Waals surface area contributed by atoms with Crippen LogP contribution in [0.25, 0.3) is 0 Å². The molecule has 1 aliphatic heterocycles. The second-order valence-corrected chi connectivity index (χ2v) is 4.74. The van der Waals surface area contributed by atoms with Gasteiger partial charge in [-0.1, -0.05) is 5.21 Å². The van der Waals surface area contributed by atoms with Crippen molar-refractivity contribution in [3.05, 3.63) is 11.9 Å². The van der Waals surface area contributed by atoms with Crippen LogP contribution < -0.4 is 0 Å². The highest BCUT2D eigenvalue weighted by molar-refractivity contribution is 4.92. The summed E-state index contributed by atoms with van der Waals surface area (Å²) in [4.78, 5) is 2.38. The molecule has 1 saturated heterocycles. The third kappa shape index (κ3) is 2.80. The molecule has 1 atom stereocenters. The number of nitrogens with zero attached hydrogens (tertiary/aromatic N) is 4. The average Bonchev–Trinajstić information content (AvgIpc) is 2.65. The molecule has 2 rings (SSSR count). The van der Waals surface area contributed by atoms with Gasteiger partial charge in [-0.25, -0.2) is 0 Å². The van der Waals surface area contributed by atoms with Gasteiger partial charge in [0.2, 0.25) is 0 Å². The van der Waals surface area contributed by atoms with Crippen LogP contribution in [0.3, 0.4) is 0 Å². The Balaban J connectivity index is 1.81. The minimum atomic E-state index is -0.168. The number of aromatic nitrogens is 3.